The van der Waals surface area contributed by atoms with Crippen LogP contribution in [0, 0.1) is 0 Å². The highest BCUT2D eigenvalue weighted by Crippen LogP contribution is 2.11. The maximum absolute atomic E-state index is 12.8. The summed E-state index contributed by atoms with van der Waals surface area (Å²) in [5.74, 6) is -1.10. The molecular formula is C63H96O6. The molecule has 0 radical (unpaired) electrons. The molecular weight excluding hydrogens is 853 g/mol. The van der Waals surface area contributed by atoms with E-state index in [0.29, 0.717) is 12.8 Å². The zero-order valence-electron chi connectivity index (χ0n) is 43.8. The summed E-state index contributed by atoms with van der Waals surface area (Å²) in [6, 6.07) is 0. The first-order valence-electron chi connectivity index (χ1n) is 27.0. The number of carbonyl (C=O) groups is 3. The molecule has 0 aromatic rings. The normalized spacial score (nSPS) is 13.4. The number of allylic oxidation sites excluding steroid dienone is 26. The lowest BCUT2D eigenvalue weighted by Gasteiger charge is -2.18. The highest BCUT2D eigenvalue weighted by molar-refractivity contribution is 5.71. The average molecular weight is 949 g/mol. The second kappa shape index (κ2) is 55.6. The largest absolute Gasteiger partial charge is 0.462 e. The highest BCUT2D eigenvalue weighted by atomic mass is 16.6. The van der Waals surface area contributed by atoms with E-state index < -0.39 is 6.10 Å². The molecule has 0 rings (SSSR count). The fourth-order valence-electron chi connectivity index (χ4n) is 6.52. The maximum Gasteiger partial charge on any atom is 0.306 e. The molecule has 0 saturated carbocycles. The topological polar surface area (TPSA) is 78.9 Å². The van der Waals surface area contributed by atoms with Crippen LogP contribution < -0.4 is 0 Å². The molecule has 6 heteroatoms. The molecule has 69 heavy (non-hydrogen) atoms. The Morgan fingerprint density at radius 3 is 0.986 bits per heavy atom. The number of esters is 3. The van der Waals surface area contributed by atoms with Crippen molar-refractivity contribution >= 4 is 17.9 Å². The third-order valence-electron chi connectivity index (χ3n) is 10.5. The average Bonchev–Trinajstić information content (AvgIpc) is 3.35. The number of carbonyl (C=O) groups excluding carboxylic acids is 3. The van der Waals surface area contributed by atoms with Crippen molar-refractivity contribution in [3.8, 4) is 0 Å². The molecule has 1 atom stereocenters. The standard InChI is InChI=1S/C63H96O6/c1-4-7-10-13-16-19-22-25-28-30-31-33-35-38-41-44-47-50-53-56-62(65)68-59-60(58-67-61(64)55-52-49-46-43-40-37-34-27-24-21-18-15-12-9-6-3)69-63(66)57-54-51-48-45-42-39-36-32-29-26-23-20-17-14-11-8-5-2/h7,9-10,12,16-21,25-29,31,33-34,36,38-41,43,47,50,60H,4-6,8,11,13-15,22-24,30,32,35,37,42,44-46,48-49,51-59H2,1-3H3/b10-7-,12-9-,19-16-,20-17-,21-18-,28-25-,29-26-,33-31-,34-27-,39-36-,41-38-,43-40-,50-47-/t60-/m0/s1. The fraction of sp³-hybridized carbons (Fsp3) is 0.540. The van der Waals surface area contributed by atoms with Crippen molar-refractivity contribution in [1.29, 1.82) is 0 Å². The van der Waals surface area contributed by atoms with E-state index in [4.69, 9.17) is 14.2 Å². The summed E-state index contributed by atoms with van der Waals surface area (Å²) in [6.07, 6.45) is 81.0. The molecule has 0 spiro atoms. The molecule has 0 bridgehead atoms. The minimum atomic E-state index is -0.846. The van der Waals surface area contributed by atoms with E-state index in [9.17, 15) is 14.4 Å². The van der Waals surface area contributed by atoms with Gasteiger partial charge in [-0.3, -0.25) is 14.4 Å². The van der Waals surface area contributed by atoms with Gasteiger partial charge in [0.2, 0.25) is 0 Å². The molecule has 0 fully saturated rings. The summed E-state index contributed by atoms with van der Waals surface area (Å²) in [7, 11) is 0. The van der Waals surface area contributed by atoms with Gasteiger partial charge in [0.25, 0.3) is 0 Å². The number of hydrogen-bond donors (Lipinski definition) is 0. The van der Waals surface area contributed by atoms with Gasteiger partial charge in [0.15, 0.2) is 6.10 Å². The van der Waals surface area contributed by atoms with Crippen LogP contribution in [-0.4, -0.2) is 37.2 Å². The molecule has 0 aromatic carbocycles. The Morgan fingerprint density at radius 1 is 0.304 bits per heavy atom. The predicted octanol–water partition coefficient (Wildman–Crippen LogP) is 18.2. The van der Waals surface area contributed by atoms with Gasteiger partial charge < -0.3 is 14.2 Å². The maximum atomic E-state index is 12.8. The molecule has 0 N–H and O–H groups in total. The molecule has 0 amide bonds. The Morgan fingerprint density at radius 2 is 0.594 bits per heavy atom. The molecule has 0 heterocycles. The minimum Gasteiger partial charge on any atom is -0.462 e. The van der Waals surface area contributed by atoms with Crippen LogP contribution in [0.4, 0.5) is 0 Å². The van der Waals surface area contributed by atoms with Crippen molar-refractivity contribution in [2.45, 2.75) is 207 Å². The Balaban J connectivity index is 4.64. The third kappa shape index (κ3) is 53.8. The van der Waals surface area contributed by atoms with Crippen LogP contribution >= 0.6 is 0 Å². The number of rotatable bonds is 46. The Hall–Kier alpha value is -4.97. The first-order valence-corrected chi connectivity index (χ1v) is 27.0. The van der Waals surface area contributed by atoms with E-state index in [-0.39, 0.29) is 50.4 Å². The zero-order valence-corrected chi connectivity index (χ0v) is 43.8. The van der Waals surface area contributed by atoms with E-state index in [2.05, 4.69) is 167 Å². The molecule has 6 nitrogen and oxygen atoms in total. The van der Waals surface area contributed by atoms with Gasteiger partial charge >= 0.3 is 17.9 Å². The van der Waals surface area contributed by atoms with Gasteiger partial charge in [-0.05, 0) is 135 Å². The van der Waals surface area contributed by atoms with Crippen molar-refractivity contribution in [3.05, 3.63) is 158 Å². The van der Waals surface area contributed by atoms with E-state index in [0.717, 1.165) is 122 Å². The van der Waals surface area contributed by atoms with E-state index in [1.54, 1.807) is 0 Å². The lowest BCUT2D eigenvalue weighted by atomic mass is 10.1. The number of hydrogen-bond acceptors (Lipinski definition) is 6. The van der Waals surface area contributed by atoms with E-state index >= 15 is 0 Å². The number of unbranched alkanes of at least 4 members (excludes halogenated alkanes) is 9. The lowest BCUT2D eigenvalue weighted by Crippen LogP contribution is -2.30. The second-order valence-electron chi connectivity index (χ2n) is 17.0. The van der Waals surface area contributed by atoms with Crippen LogP contribution in [0.25, 0.3) is 0 Å². The van der Waals surface area contributed by atoms with Crippen LogP contribution in [0.3, 0.4) is 0 Å². The summed E-state index contributed by atoms with van der Waals surface area (Å²) >= 11 is 0. The Labute approximate surface area is 422 Å². The van der Waals surface area contributed by atoms with Crippen LogP contribution in [0.2, 0.25) is 0 Å². The van der Waals surface area contributed by atoms with Gasteiger partial charge in [-0.2, -0.15) is 0 Å². The molecule has 384 valence electrons. The molecule has 0 aromatic heterocycles. The van der Waals surface area contributed by atoms with Gasteiger partial charge in [0.05, 0.1) is 0 Å². The van der Waals surface area contributed by atoms with Gasteiger partial charge in [0.1, 0.15) is 13.2 Å². The quantitative estimate of drug-likeness (QED) is 0.0262. The Kier molecular flexibility index (Phi) is 51.6. The summed E-state index contributed by atoms with van der Waals surface area (Å²) < 4.78 is 16.7. The van der Waals surface area contributed by atoms with Crippen LogP contribution in [0.5, 0.6) is 0 Å². The van der Waals surface area contributed by atoms with Crippen LogP contribution in [0.15, 0.2) is 158 Å². The summed E-state index contributed by atoms with van der Waals surface area (Å²) in [5.41, 5.74) is 0. The fourth-order valence-corrected chi connectivity index (χ4v) is 6.52. The van der Waals surface area contributed by atoms with Gasteiger partial charge in [-0.25, -0.2) is 0 Å². The molecule has 0 unspecified atom stereocenters. The predicted molar refractivity (Wildman–Crippen MR) is 297 cm³/mol. The SMILES string of the molecule is CC/C=C\C/C=C\C/C=C\C/C=C\C/C=C\C/C=C\CCC(=O)OC[C@H](COC(=O)CCCC/C=C\C/C=C\C/C=C\C/C=C\CC)OC(=O)CCCCCC/C=C\C/C=C\C/C=C\CCCCC. The summed E-state index contributed by atoms with van der Waals surface area (Å²) in [5, 5.41) is 0. The molecule has 0 aliphatic heterocycles. The third-order valence-corrected chi connectivity index (χ3v) is 10.5. The van der Waals surface area contributed by atoms with Crippen molar-refractivity contribution < 1.29 is 28.6 Å². The highest BCUT2D eigenvalue weighted by Gasteiger charge is 2.19. The van der Waals surface area contributed by atoms with Crippen molar-refractivity contribution in [2.75, 3.05) is 13.2 Å². The summed E-state index contributed by atoms with van der Waals surface area (Å²) in [6.45, 7) is 6.23. The van der Waals surface area contributed by atoms with Gasteiger partial charge in [-0.15, -0.1) is 0 Å². The molecule has 0 aliphatic carbocycles. The lowest BCUT2D eigenvalue weighted by molar-refractivity contribution is -0.166. The van der Waals surface area contributed by atoms with Gasteiger partial charge in [0, 0.05) is 19.3 Å². The molecule has 0 aliphatic rings. The van der Waals surface area contributed by atoms with Crippen molar-refractivity contribution in [3.63, 3.8) is 0 Å². The first-order chi connectivity index (χ1) is 34.0. The smallest absolute Gasteiger partial charge is 0.306 e. The Bertz CT molecular complexity index is 1610. The van der Waals surface area contributed by atoms with Crippen LogP contribution in [0.1, 0.15) is 201 Å². The second-order valence-corrected chi connectivity index (χ2v) is 17.0. The van der Waals surface area contributed by atoms with Crippen molar-refractivity contribution in [1.82, 2.24) is 0 Å². The minimum absolute atomic E-state index is 0.140. The number of ether oxygens (including phenoxy) is 3. The van der Waals surface area contributed by atoms with E-state index in [1.165, 1.54) is 25.7 Å². The van der Waals surface area contributed by atoms with Crippen LogP contribution in [-0.2, 0) is 28.6 Å². The summed E-state index contributed by atoms with van der Waals surface area (Å²) in [4.78, 5) is 38.0. The monoisotopic (exact) mass is 949 g/mol. The van der Waals surface area contributed by atoms with E-state index in [1.807, 2.05) is 12.2 Å². The van der Waals surface area contributed by atoms with Gasteiger partial charge in [-0.1, -0.05) is 204 Å². The first kappa shape index (κ1) is 64.0. The molecule has 0 saturated heterocycles. The van der Waals surface area contributed by atoms with Crippen molar-refractivity contribution in [2.24, 2.45) is 0 Å². The zero-order chi connectivity index (χ0) is 50.0.